The van der Waals surface area contributed by atoms with Gasteiger partial charge < -0.3 is 4.43 Å². The van der Waals surface area contributed by atoms with Crippen molar-refractivity contribution in [1.82, 2.24) is 0 Å². The van der Waals surface area contributed by atoms with Crippen LogP contribution >= 0.6 is 15.9 Å². The molecule has 0 bridgehead atoms. The van der Waals surface area contributed by atoms with Gasteiger partial charge in [-0.1, -0.05) is 43.1 Å². The summed E-state index contributed by atoms with van der Waals surface area (Å²) in [7, 11) is -1.48. The van der Waals surface area contributed by atoms with E-state index in [1.165, 1.54) is 18.9 Å². The largest absolute Gasteiger partial charge is 0.410 e. The van der Waals surface area contributed by atoms with E-state index in [1.54, 1.807) is 0 Å². The van der Waals surface area contributed by atoms with Crippen LogP contribution in [0, 0.1) is 5.41 Å². The second kappa shape index (κ2) is 4.10. The molecule has 1 rings (SSSR count). The molecule has 1 aliphatic heterocycles. The fraction of sp³-hybridized carbons (Fsp3) is 1.00. The summed E-state index contributed by atoms with van der Waals surface area (Å²) in [6.45, 7) is 16.2. The van der Waals surface area contributed by atoms with E-state index in [-0.39, 0.29) is 15.3 Å². The third kappa shape index (κ3) is 2.56. The van der Waals surface area contributed by atoms with Crippen LogP contribution in [0.3, 0.4) is 0 Å². The fourth-order valence-corrected chi connectivity index (χ4v) is 6.94. The van der Waals surface area contributed by atoms with Gasteiger partial charge in [0.05, 0.1) is 5.60 Å². The highest BCUT2D eigenvalue weighted by atomic mass is 79.9. The molecule has 1 fully saturated rings. The molecular formula is C13H27BrOSi. The first-order valence-electron chi connectivity index (χ1n) is 6.30. The van der Waals surface area contributed by atoms with Gasteiger partial charge in [0, 0.05) is 4.32 Å². The molecule has 1 heterocycles. The Labute approximate surface area is 111 Å². The molecule has 0 N–H and O–H groups in total. The molecule has 0 amide bonds. The maximum absolute atomic E-state index is 6.68. The predicted molar refractivity (Wildman–Crippen MR) is 77.8 cm³/mol. The molecule has 1 aliphatic rings. The highest BCUT2D eigenvalue weighted by Crippen LogP contribution is 2.53. The summed E-state index contributed by atoms with van der Waals surface area (Å²) >= 11 is 3.88. The minimum Gasteiger partial charge on any atom is -0.410 e. The quantitative estimate of drug-likeness (QED) is 0.491. The Kier molecular flexibility index (Phi) is 3.77. The molecule has 3 heteroatoms. The van der Waals surface area contributed by atoms with Crippen molar-refractivity contribution in [3.63, 3.8) is 0 Å². The van der Waals surface area contributed by atoms with E-state index in [2.05, 4.69) is 63.6 Å². The Bertz CT molecular complexity index is 246. The molecule has 0 aliphatic carbocycles. The van der Waals surface area contributed by atoms with Crippen molar-refractivity contribution in [2.45, 2.75) is 76.5 Å². The van der Waals surface area contributed by atoms with Crippen LogP contribution in [0.5, 0.6) is 0 Å². The molecule has 1 unspecified atom stereocenters. The van der Waals surface area contributed by atoms with E-state index < -0.39 is 8.32 Å². The third-order valence-corrected chi connectivity index (χ3v) is 7.03. The lowest BCUT2D eigenvalue weighted by atomic mass is 9.67. The van der Waals surface area contributed by atoms with Crippen LogP contribution in [0.15, 0.2) is 0 Å². The van der Waals surface area contributed by atoms with E-state index in [4.69, 9.17) is 4.43 Å². The van der Waals surface area contributed by atoms with Gasteiger partial charge in [0.1, 0.15) is 0 Å². The molecule has 0 aromatic rings. The Hall–Kier alpha value is 0.657. The van der Waals surface area contributed by atoms with Gasteiger partial charge in [-0.25, -0.2) is 0 Å². The third-order valence-electron chi connectivity index (χ3n) is 3.93. The molecule has 0 saturated carbocycles. The van der Waals surface area contributed by atoms with Crippen LogP contribution < -0.4 is 0 Å². The zero-order valence-corrected chi connectivity index (χ0v) is 14.5. The average Bonchev–Trinajstić information content (AvgIpc) is 1.97. The second-order valence-electron chi connectivity index (χ2n) is 7.26. The van der Waals surface area contributed by atoms with Gasteiger partial charge in [0.2, 0.25) is 0 Å². The molecule has 0 aromatic heterocycles. The highest BCUT2D eigenvalue weighted by Gasteiger charge is 2.56. The second-order valence-corrected chi connectivity index (χ2v) is 13.5. The van der Waals surface area contributed by atoms with Crippen LogP contribution in [0.4, 0.5) is 0 Å². The smallest absolute Gasteiger partial charge is 0.187 e. The minimum atomic E-state index is -1.48. The zero-order chi connectivity index (χ0) is 12.8. The summed E-state index contributed by atoms with van der Waals surface area (Å²) < 4.78 is 6.71. The summed E-state index contributed by atoms with van der Waals surface area (Å²) in [5.74, 6) is 0. The monoisotopic (exact) mass is 306 g/mol. The van der Waals surface area contributed by atoms with Gasteiger partial charge in [0.15, 0.2) is 8.32 Å². The summed E-state index contributed by atoms with van der Waals surface area (Å²) in [5.41, 5.74) is 0.138. The van der Waals surface area contributed by atoms with E-state index in [0.717, 1.165) is 0 Å². The van der Waals surface area contributed by atoms with Gasteiger partial charge in [-0.3, -0.25) is 0 Å². The topological polar surface area (TPSA) is 9.23 Å². The first-order chi connectivity index (χ1) is 6.91. The summed E-state index contributed by atoms with van der Waals surface area (Å²) in [4.78, 5) is 0. The summed E-state index contributed by atoms with van der Waals surface area (Å²) in [6, 6.07) is 1.30. The molecule has 0 radical (unpaired) electrons. The maximum atomic E-state index is 6.68. The van der Waals surface area contributed by atoms with Crippen LogP contribution in [0.25, 0.3) is 0 Å². The fourth-order valence-electron chi connectivity index (χ4n) is 3.18. The number of alkyl halides is 1. The summed E-state index contributed by atoms with van der Waals surface area (Å²) in [6.07, 6.45) is 2.48. The number of hydrogen-bond donors (Lipinski definition) is 0. The Balaban J connectivity index is 3.16. The van der Waals surface area contributed by atoms with Crippen LogP contribution in [0.1, 0.15) is 47.5 Å². The maximum Gasteiger partial charge on any atom is 0.187 e. The normalized spacial score (nSPS) is 31.5. The molecule has 1 nitrogen and oxygen atoms in total. The molecule has 1 saturated heterocycles. The van der Waals surface area contributed by atoms with Crippen LogP contribution in [0.2, 0.25) is 19.1 Å². The van der Waals surface area contributed by atoms with Crippen LogP contribution in [-0.2, 0) is 4.43 Å². The molecule has 0 spiro atoms. The first kappa shape index (κ1) is 14.7. The molecule has 0 aromatic carbocycles. The first-order valence-corrected chi connectivity index (χ1v) is 10.2. The Morgan fingerprint density at radius 3 is 1.88 bits per heavy atom. The van der Waals surface area contributed by atoms with Gasteiger partial charge >= 0.3 is 0 Å². The lowest BCUT2D eigenvalue weighted by Gasteiger charge is -2.58. The molecule has 16 heavy (non-hydrogen) atoms. The van der Waals surface area contributed by atoms with Crippen molar-refractivity contribution in [3.05, 3.63) is 0 Å². The average molecular weight is 307 g/mol. The number of hydrogen-bond acceptors (Lipinski definition) is 1. The molecule has 1 atom stereocenters. The molecule has 96 valence electrons. The van der Waals surface area contributed by atoms with Crippen molar-refractivity contribution in [3.8, 4) is 0 Å². The number of halogens is 1. The predicted octanol–water partition coefficient (Wildman–Crippen LogP) is 4.96. The van der Waals surface area contributed by atoms with Crippen molar-refractivity contribution in [2.24, 2.45) is 5.41 Å². The van der Waals surface area contributed by atoms with E-state index >= 15 is 0 Å². The molecular weight excluding hydrogens is 280 g/mol. The van der Waals surface area contributed by atoms with Crippen molar-refractivity contribution in [1.29, 1.82) is 0 Å². The van der Waals surface area contributed by atoms with Crippen molar-refractivity contribution < 1.29 is 4.43 Å². The van der Waals surface area contributed by atoms with E-state index in [0.29, 0.717) is 0 Å². The van der Waals surface area contributed by atoms with Crippen molar-refractivity contribution in [2.75, 3.05) is 0 Å². The van der Waals surface area contributed by atoms with Crippen molar-refractivity contribution >= 4 is 24.2 Å². The highest BCUT2D eigenvalue weighted by molar-refractivity contribution is 9.10. The van der Waals surface area contributed by atoms with E-state index in [1.807, 2.05) is 0 Å². The van der Waals surface area contributed by atoms with Gasteiger partial charge in [0.25, 0.3) is 0 Å². The van der Waals surface area contributed by atoms with Gasteiger partial charge in [-0.05, 0) is 44.8 Å². The zero-order valence-electron chi connectivity index (χ0n) is 11.9. The lowest BCUT2D eigenvalue weighted by Crippen LogP contribution is -2.63. The minimum absolute atomic E-state index is 0.0307. The SMILES string of the molecule is CC(C)(C)C1(C(C)(C)Br)CCC[Si](C)(C)O1. The Morgan fingerprint density at radius 1 is 1.12 bits per heavy atom. The van der Waals surface area contributed by atoms with E-state index in [9.17, 15) is 0 Å². The standard InChI is InChI=1S/C13H27BrOSi/c1-11(2,3)13(12(4,5)14)9-8-10-16(6,7)15-13/h8-10H2,1-7H3. The van der Waals surface area contributed by atoms with Gasteiger partial charge in [-0.15, -0.1) is 0 Å². The summed E-state index contributed by atoms with van der Waals surface area (Å²) in [5, 5.41) is 0. The van der Waals surface area contributed by atoms with Gasteiger partial charge in [-0.2, -0.15) is 0 Å². The van der Waals surface area contributed by atoms with Crippen LogP contribution in [-0.4, -0.2) is 18.2 Å². The lowest BCUT2D eigenvalue weighted by molar-refractivity contribution is -0.0797. The Morgan fingerprint density at radius 2 is 1.62 bits per heavy atom. The number of rotatable bonds is 1.